The Bertz CT molecular complexity index is 549. The van der Waals surface area contributed by atoms with Gasteiger partial charge in [0.15, 0.2) is 0 Å². The lowest BCUT2D eigenvalue weighted by Crippen LogP contribution is -1.96. The van der Waals surface area contributed by atoms with E-state index in [0.717, 1.165) is 15.4 Å². The van der Waals surface area contributed by atoms with E-state index < -0.39 is 0 Å². The van der Waals surface area contributed by atoms with Gasteiger partial charge in [-0.25, -0.2) is 0 Å². The van der Waals surface area contributed by atoms with Crippen LogP contribution in [0.15, 0.2) is 51.4 Å². The van der Waals surface area contributed by atoms with Crippen molar-refractivity contribution in [3.05, 3.63) is 68.1 Å². The molecule has 0 amide bonds. The number of benzene rings is 2. The number of rotatable bonds is 3. The largest absolute Gasteiger partial charge is 0.0835 e. The summed E-state index contributed by atoms with van der Waals surface area (Å²) in [6.45, 7) is 2.12. The van der Waals surface area contributed by atoms with Gasteiger partial charge in [0.2, 0.25) is 0 Å². The maximum Gasteiger partial charge on any atom is 0.0435 e. The van der Waals surface area contributed by atoms with E-state index in [4.69, 9.17) is 0 Å². The topological polar surface area (TPSA) is 0 Å². The standard InChI is InChI=1S/C15H13Br3/c1-10-7-12(5-6-14(10)17)15(18)9-11-3-2-4-13(16)8-11/h2-8,15H,9H2,1H3. The number of halogens is 3. The van der Waals surface area contributed by atoms with Crippen LogP contribution in [0.3, 0.4) is 0 Å². The first-order valence-electron chi connectivity index (χ1n) is 5.71. The van der Waals surface area contributed by atoms with Crippen molar-refractivity contribution in [2.24, 2.45) is 0 Å². The molecule has 0 spiro atoms. The Labute approximate surface area is 133 Å². The van der Waals surface area contributed by atoms with E-state index in [1.807, 2.05) is 0 Å². The molecule has 94 valence electrons. The zero-order valence-electron chi connectivity index (χ0n) is 9.96. The van der Waals surface area contributed by atoms with E-state index >= 15 is 0 Å². The zero-order chi connectivity index (χ0) is 13.1. The Morgan fingerprint density at radius 2 is 1.83 bits per heavy atom. The number of hydrogen-bond donors (Lipinski definition) is 0. The zero-order valence-corrected chi connectivity index (χ0v) is 14.7. The van der Waals surface area contributed by atoms with E-state index in [9.17, 15) is 0 Å². The first-order chi connectivity index (χ1) is 8.56. The number of aryl methyl sites for hydroxylation is 1. The fraction of sp³-hybridized carbons (Fsp3) is 0.200. The van der Waals surface area contributed by atoms with Crippen LogP contribution in [0.5, 0.6) is 0 Å². The van der Waals surface area contributed by atoms with Crippen LogP contribution in [0.2, 0.25) is 0 Å². The van der Waals surface area contributed by atoms with E-state index in [1.54, 1.807) is 0 Å². The van der Waals surface area contributed by atoms with Crippen molar-refractivity contribution < 1.29 is 0 Å². The summed E-state index contributed by atoms with van der Waals surface area (Å²) in [6, 6.07) is 14.9. The monoisotopic (exact) mass is 430 g/mol. The van der Waals surface area contributed by atoms with E-state index in [1.165, 1.54) is 16.7 Å². The average molecular weight is 433 g/mol. The van der Waals surface area contributed by atoms with Gasteiger partial charge in [-0.1, -0.05) is 72.1 Å². The van der Waals surface area contributed by atoms with Gasteiger partial charge in [0.05, 0.1) is 0 Å². The summed E-state index contributed by atoms with van der Waals surface area (Å²) >= 11 is 10.8. The lowest BCUT2D eigenvalue weighted by Gasteiger charge is -2.12. The Kier molecular flexibility index (Phi) is 5.05. The normalized spacial score (nSPS) is 12.4. The Morgan fingerprint density at radius 3 is 2.50 bits per heavy atom. The smallest absolute Gasteiger partial charge is 0.0435 e. The molecule has 3 heteroatoms. The van der Waals surface area contributed by atoms with Crippen LogP contribution >= 0.6 is 47.8 Å². The van der Waals surface area contributed by atoms with Crippen LogP contribution in [0.1, 0.15) is 21.5 Å². The first kappa shape index (κ1) is 14.3. The molecule has 0 nitrogen and oxygen atoms in total. The van der Waals surface area contributed by atoms with Crippen LogP contribution in [0.25, 0.3) is 0 Å². The molecule has 0 aliphatic rings. The van der Waals surface area contributed by atoms with Crippen LogP contribution < -0.4 is 0 Å². The highest BCUT2D eigenvalue weighted by Gasteiger charge is 2.09. The van der Waals surface area contributed by atoms with Crippen LogP contribution in [0, 0.1) is 6.92 Å². The summed E-state index contributed by atoms with van der Waals surface area (Å²) in [5, 5.41) is 0. The van der Waals surface area contributed by atoms with Crippen molar-refractivity contribution in [3.63, 3.8) is 0 Å². The van der Waals surface area contributed by atoms with Crippen molar-refractivity contribution >= 4 is 47.8 Å². The Morgan fingerprint density at radius 1 is 1.06 bits per heavy atom. The van der Waals surface area contributed by atoms with Crippen molar-refractivity contribution in [2.45, 2.75) is 18.2 Å². The molecule has 2 aromatic rings. The van der Waals surface area contributed by atoms with Crippen LogP contribution in [0.4, 0.5) is 0 Å². The molecule has 1 unspecified atom stereocenters. The van der Waals surface area contributed by atoms with E-state index in [-0.39, 0.29) is 0 Å². The third-order valence-corrected chi connectivity index (χ3v) is 5.08. The quantitative estimate of drug-likeness (QED) is 0.506. The molecule has 0 fully saturated rings. The van der Waals surface area contributed by atoms with Crippen molar-refractivity contribution in [1.29, 1.82) is 0 Å². The Balaban J connectivity index is 2.16. The second-order valence-electron chi connectivity index (χ2n) is 4.31. The lowest BCUT2D eigenvalue weighted by atomic mass is 10.0. The van der Waals surface area contributed by atoms with Gasteiger partial charge in [0.25, 0.3) is 0 Å². The predicted octanol–water partition coefficient (Wildman–Crippen LogP) is 6.20. The second kappa shape index (κ2) is 6.36. The molecular weight excluding hydrogens is 420 g/mol. The third-order valence-electron chi connectivity index (χ3n) is 2.85. The summed E-state index contributed by atoms with van der Waals surface area (Å²) in [5.41, 5.74) is 3.91. The third kappa shape index (κ3) is 3.69. The van der Waals surface area contributed by atoms with E-state index in [2.05, 4.69) is 97.2 Å². The minimum atomic E-state index is 0.346. The number of hydrogen-bond acceptors (Lipinski definition) is 0. The van der Waals surface area contributed by atoms with Crippen molar-refractivity contribution in [3.8, 4) is 0 Å². The molecular formula is C15H13Br3. The molecule has 0 N–H and O–H groups in total. The summed E-state index contributed by atoms with van der Waals surface area (Å²) in [7, 11) is 0. The summed E-state index contributed by atoms with van der Waals surface area (Å²) in [4.78, 5) is 0.346. The molecule has 0 aliphatic carbocycles. The summed E-state index contributed by atoms with van der Waals surface area (Å²) in [6.07, 6.45) is 0.987. The van der Waals surface area contributed by atoms with Gasteiger partial charge in [-0.2, -0.15) is 0 Å². The molecule has 0 saturated heterocycles. The molecule has 2 aromatic carbocycles. The number of alkyl halides is 1. The van der Waals surface area contributed by atoms with Gasteiger partial charge >= 0.3 is 0 Å². The highest BCUT2D eigenvalue weighted by atomic mass is 79.9. The fourth-order valence-electron chi connectivity index (χ4n) is 1.85. The fourth-order valence-corrected chi connectivity index (χ4v) is 3.20. The second-order valence-corrected chi connectivity index (χ2v) is 7.19. The van der Waals surface area contributed by atoms with Crippen molar-refractivity contribution in [2.75, 3.05) is 0 Å². The lowest BCUT2D eigenvalue weighted by molar-refractivity contribution is 0.945. The van der Waals surface area contributed by atoms with Gasteiger partial charge in [0, 0.05) is 13.8 Å². The molecule has 1 atom stereocenters. The summed E-state index contributed by atoms with van der Waals surface area (Å²) < 4.78 is 2.29. The van der Waals surface area contributed by atoms with Gasteiger partial charge in [0.1, 0.15) is 0 Å². The average Bonchev–Trinajstić information content (AvgIpc) is 2.32. The first-order valence-corrected chi connectivity index (χ1v) is 8.21. The maximum absolute atomic E-state index is 3.78. The molecule has 0 aliphatic heterocycles. The minimum Gasteiger partial charge on any atom is -0.0835 e. The molecule has 0 aromatic heterocycles. The highest BCUT2D eigenvalue weighted by molar-refractivity contribution is 9.10. The predicted molar refractivity (Wildman–Crippen MR) is 88.4 cm³/mol. The molecule has 0 bridgehead atoms. The molecule has 0 heterocycles. The maximum atomic E-state index is 3.78. The minimum absolute atomic E-state index is 0.346. The molecule has 0 radical (unpaired) electrons. The Hall–Kier alpha value is -0.120. The molecule has 2 rings (SSSR count). The highest BCUT2D eigenvalue weighted by Crippen LogP contribution is 2.30. The van der Waals surface area contributed by atoms with Gasteiger partial charge in [-0.3, -0.25) is 0 Å². The SMILES string of the molecule is Cc1cc(C(Br)Cc2cccc(Br)c2)ccc1Br. The molecule has 18 heavy (non-hydrogen) atoms. The van der Waals surface area contributed by atoms with Gasteiger partial charge in [-0.15, -0.1) is 0 Å². The van der Waals surface area contributed by atoms with Gasteiger partial charge < -0.3 is 0 Å². The van der Waals surface area contributed by atoms with Crippen molar-refractivity contribution in [1.82, 2.24) is 0 Å². The molecule has 0 saturated carbocycles. The summed E-state index contributed by atoms with van der Waals surface area (Å²) in [5.74, 6) is 0. The van der Waals surface area contributed by atoms with Crippen LogP contribution in [-0.2, 0) is 6.42 Å². The van der Waals surface area contributed by atoms with E-state index in [0.29, 0.717) is 4.83 Å². The van der Waals surface area contributed by atoms with Crippen LogP contribution in [-0.4, -0.2) is 0 Å². The van der Waals surface area contributed by atoms with Gasteiger partial charge in [-0.05, 0) is 48.2 Å².